The van der Waals surface area contributed by atoms with E-state index < -0.39 is 0 Å². The second-order valence-electron chi connectivity index (χ2n) is 6.38. The normalized spacial score (nSPS) is 12.2. The molecule has 0 aliphatic rings. The quantitative estimate of drug-likeness (QED) is 0.160. The summed E-state index contributed by atoms with van der Waals surface area (Å²) < 4.78 is 0. The van der Waals surface area contributed by atoms with Gasteiger partial charge in [-0.25, -0.2) is 0 Å². The van der Waals surface area contributed by atoms with E-state index in [4.69, 9.17) is 0 Å². The van der Waals surface area contributed by atoms with Crippen LogP contribution in [0.15, 0.2) is 102 Å². The molecule has 0 amide bonds. The Morgan fingerprint density at radius 2 is 1.79 bits per heavy atom. The number of thiol groups is 1. The highest BCUT2D eigenvalue weighted by molar-refractivity contribution is 7.80. The zero-order valence-corrected chi connectivity index (χ0v) is 17.3. The Morgan fingerprint density at radius 3 is 2.43 bits per heavy atom. The van der Waals surface area contributed by atoms with Gasteiger partial charge in [-0.2, -0.15) is 0 Å². The lowest BCUT2D eigenvalue weighted by Crippen LogP contribution is -2.07. The predicted octanol–water partition coefficient (Wildman–Crippen LogP) is 6.75. The van der Waals surface area contributed by atoms with Gasteiger partial charge in [0, 0.05) is 10.6 Å². The number of nitrogens with zero attached hydrogens (tertiary/aromatic N) is 1. The van der Waals surface area contributed by atoms with Crippen molar-refractivity contribution in [3.05, 3.63) is 103 Å². The Bertz CT molecular complexity index is 856. The average Bonchev–Trinajstić information content (AvgIpc) is 2.70. The monoisotopic (exact) mass is 388 g/mol. The number of amidine groups is 1. The second-order valence-corrected chi connectivity index (χ2v) is 6.90. The van der Waals surface area contributed by atoms with Crippen molar-refractivity contribution in [1.82, 2.24) is 0 Å². The molecule has 2 rings (SSSR count). The molecule has 2 aromatic rings. The largest absolute Gasteiger partial charge is 0.344 e. The molecule has 0 atom stereocenters. The van der Waals surface area contributed by atoms with Crippen LogP contribution in [-0.4, -0.2) is 12.4 Å². The van der Waals surface area contributed by atoms with E-state index in [9.17, 15) is 0 Å². The Hall–Kier alpha value is -2.78. The Balaban J connectivity index is 1.90. The molecule has 144 valence electrons. The Labute approximate surface area is 174 Å². The molecule has 0 bridgehead atoms. The minimum atomic E-state index is 0.629. The topological polar surface area (TPSA) is 24.4 Å². The summed E-state index contributed by atoms with van der Waals surface area (Å²) in [5.74, 6) is 0.892. The van der Waals surface area contributed by atoms with Gasteiger partial charge in [-0.3, -0.25) is 4.99 Å². The van der Waals surface area contributed by atoms with Gasteiger partial charge in [-0.15, -0.1) is 19.2 Å². The van der Waals surface area contributed by atoms with Gasteiger partial charge in [-0.05, 0) is 60.7 Å². The van der Waals surface area contributed by atoms with E-state index >= 15 is 0 Å². The minimum absolute atomic E-state index is 0.629. The fourth-order valence-electron chi connectivity index (χ4n) is 2.69. The first kappa shape index (κ1) is 21.5. The molecule has 3 heteroatoms. The molecule has 0 unspecified atom stereocenters. The van der Waals surface area contributed by atoms with Crippen LogP contribution in [0.5, 0.6) is 0 Å². The van der Waals surface area contributed by atoms with Crippen molar-refractivity contribution in [2.45, 2.75) is 24.7 Å². The molecule has 0 saturated carbocycles. The molecule has 2 aromatic carbocycles. The lowest BCUT2D eigenvalue weighted by molar-refractivity contribution is 1.00. The van der Waals surface area contributed by atoms with Crippen LogP contribution >= 0.6 is 12.6 Å². The van der Waals surface area contributed by atoms with Crippen LogP contribution in [0.4, 0.5) is 5.69 Å². The highest BCUT2D eigenvalue weighted by atomic mass is 32.1. The van der Waals surface area contributed by atoms with E-state index in [2.05, 4.69) is 84.6 Å². The number of aryl methyl sites for hydroxylation is 1. The minimum Gasteiger partial charge on any atom is -0.344 e. The highest BCUT2D eigenvalue weighted by Crippen LogP contribution is 2.19. The summed E-state index contributed by atoms with van der Waals surface area (Å²) in [5.41, 5.74) is 4.67. The van der Waals surface area contributed by atoms with Crippen LogP contribution < -0.4 is 5.32 Å². The number of hydrogen-bond acceptors (Lipinski definition) is 2. The van der Waals surface area contributed by atoms with E-state index in [-0.39, 0.29) is 0 Å². The molecule has 0 aliphatic heterocycles. The van der Waals surface area contributed by atoms with Gasteiger partial charge in [0.2, 0.25) is 0 Å². The first-order valence-corrected chi connectivity index (χ1v) is 9.83. The molecular formula is C25H28N2S. The number of nitrogens with one attached hydrogen (secondary N) is 1. The van der Waals surface area contributed by atoms with E-state index in [0.29, 0.717) is 6.54 Å². The van der Waals surface area contributed by atoms with Gasteiger partial charge in [0.15, 0.2) is 0 Å². The van der Waals surface area contributed by atoms with Crippen molar-refractivity contribution < 1.29 is 0 Å². The third-order valence-electron chi connectivity index (χ3n) is 4.13. The highest BCUT2D eigenvalue weighted by Gasteiger charge is 1.98. The van der Waals surface area contributed by atoms with Gasteiger partial charge >= 0.3 is 0 Å². The molecular weight excluding hydrogens is 360 g/mol. The van der Waals surface area contributed by atoms with Gasteiger partial charge in [0.05, 0.1) is 12.4 Å². The molecule has 0 heterocycles. The number of rotatable bonds is 9. The standard InChI is InChI=1S/C25H28N2S/c1-4-8-22(23-13-17-25(28)18-14-23)10-7-6-9-21-11-15-24(16-12-21)27-20(3)26-19-5-2/h4-5,7-8,10-18,28H,1-2,6,9,19H2,3H3,(H,26,27)/b10-7-,22-8+. The summed E-state index contributed by atoms with van der Waals surface area (Å²) in [7, 11) is 0. The molecule has 1 N–H and O–H groups in total. The average molecular weight is 389 g/mol. The smallest absolute Gasteiger partial charge is 0.0979 e. The van der Waals surface area contributed by atoms with E-state index in [1.54, 1.807) is 6.08 Å². The van der Waals surface area contributed by atoms with E-state index in [0.717, 1.165) is 40.4 Å². The van der Waals surface area contributed by atoms with Crippen molar-refractivity contribution >= 4 is 29.7 Å². The van der Waals surface area contributed by atoms with Crippen molar-refractivity contribution in [3.63, 3.8) is 0 Å². The fourth-order valence-corrected chi connectivity index (χ4v) is 2.84. The Kier molecular flexibility index (Phi) is 9.09. The molecule has 2 nitrogen and oxygen atoms in total. The van der Waals surface area contributed by atoms with Crippen molar-refractivity contribution in [2.24, 2.45) is 4.99 Å². The zero-order chi connectivity index (χ0) is 20.2. The van der Waals surface area contributed by atoms with E-state index in [1.165, 1.54) is 5.56 Å². The van der Waals surface area contributed by atoms with Crippen molar-refractivity contribution in [2.75, 3.05) is 11.9 Å². The number of allylic oxidation sites excluding steroid dienone is 5. The van der Waals surface area contributed by atoms with Gasteiger partial charge < -0.3 is 5.32 Å². The van der Waals surface area contributed by atoms with Gasteiger partial charge in [0.25, 0.3) is 0 Å². The second kappa shape index (κ2) is 11.8. The third kappa shape index (κ3) is 7.45. The Morgan fingerprint density at radius 1 is 1.07 bits per heavy atom. The van der Waals surface area contributed by atoms with Crippen LogP contribution in [0.2, 0.25) is 0 Å². The zero-order valence-electron chi connectivity index (χ0n) is 16.4. The maximum atomic E-state index is 4.35. The molecule has 0 aliphatic carbocycles. The molecule has 0 saturated heterocycles. The summed E-state index contributed by atoms with van der Waals surface area (Å²) in [5, 5.41) is 3.29. The number of hydrogen-bond donors (Lipinski definition) is 2. The molecule has 0 spiro atoms. The maximum Gasteiger partial charge on any atom is 0.0979 e. The van der Waals surface area contributed by atoms with Crippen LogP contribution in [0.3, 0.4) is 0 Å². The van der Waals surface area contributed by atoms with Crippen LogP contribution in [0, 0.1) is 0 Å². The maximum absolute atomic E-state index is 4.35. The third-order valence-corrected chi connectivity index (χ3v) is 4.43. The summed E-state index contributed by atoms with van der Waals surface area (Å²) in [6.45, 7) is 10.1. The summed E-state index contributed by atoms with van der Waals surface area (Å²) in [4.78, 5) is 5.31. The van der Waals surface area contributed by atoms with Crippen LogP contribution in [-0.2, 0) is 6.42 Å². The molecule has 0 radical (unpaired) electrons. The number of benzene rings is 2. The summed E-state index contributed by atoms with van der Waals surface area (Å²) in [6, 6.07) is 16.7. The van der Waals surface area contributed by atoms with Crippen molar-refractivity contribution in [1.29, 1.82) is 0 Å². The van der Waals surface area contributed by atoms with E-state index in [1.807, 2.05) is 31.2 Å². The van der Waals surface area contributed by atoms with Gasteiger partial charge in [0.1, 0.15) is 0 Å². The van der Waals surface area contributed by atoms with Crippen LogP contribution in [0.25, 0.3) is 5.57 Å². The lowest BCUT2D eigenvalue weighted by Gasteiger charge is -2.07. The lowest BCUT2D eigenvalue weighted by atomic mass is 10.0. The number of anilines is 1. The molecule has 0 aromatic heterocycles. The number of aliphatic imine (C=N–C) groups is 1. The summed E-state index contributed by atoms with van der Waals surface area (Å²) in [6.07, 6.45) is 12.0. The predicted molar refractivity (Wildman–Crippen MR) is 128 cm³/mol. The SMILES string of the molecule is C=C/C=C(\C=C/CCc1ccc(N/C(C)=N\CC=C)cc1)c1ccc(S)cc1. The molecule has 28 heavy (non-hydrogen) atoms. The fraction of sp³-hybridized carbons (Fsp3) is 0.160. The van der Waals surface area contributed by atoms with Crippen molar-refractivity contribution in [3.8, 4) is 0 Å². The molecule has 0 fully saturated rings. The van der Waals surface area contributed by atoms with Crippen LogP contribution in [0.1, 0.15) is 24.5 Å². The first-order chi connectivity index (χ1) is 13.6. The summed E-state index contributed by atoms with van der Waals surface area (Å²) >= 11 is 4.35. The van der Waals surface area contributed by atoms with Gasteiger partial charge in [-0.1, -0.05) is 61.2 Å². The first-order valence-electron chi connectivity index (χ1n) is 9.39.